The quantitative estimate of drug-likeness (QED) is 0.472. The van der Waals surface area contributed by atoms with E-state index in [0.29, 0.717) is 0 Å². The molecule has 1 aliphatic heterocycles. The summed E-state index contributed by atoms with van der Waals surface area (Å²) in [4.78, 5) is 6.55. The maximum absolute atomic E-state index is 5.26. The van der Waals surface area contributed by atoms with E-state index in [0.717, 1.165) is 18.8 Å². The first-order valence-corrected chi connectivity index (χ1v) is 5.96. The molecule has 0 radical (unpaired) electrons. The molecule has 0 bridgehead atoms. The maximum atomic E-state index is 5.26. The van der Waals surface area contributed by atoms with Crippen LogP contribution < -0.4 is 16.1 Å². The average molecular weight is 249 g/mol. The van der Waals surface area contributed by atoms with Crippen LogP contribution in [0.2, 0.25) is 0 Å². The average Bonchev–Trinajstić information content (AvgIpc) is 2.82. The number of pyridine rings is 1. The topological polar surface area (TPSA) is 66.5 Å². The van der Waals surface area contributed by atoms with Gasteiger partial charge in [-0.15, -0.1) is 0 Å². The lowest BCUT2D eigenvalue weighted by Crippen LogP contribution is -2.24. The Labute approximate surface area is 106 Å². The summed E-state index contributed by atoms with van der Waals surface area (Å²) in [5.41, 5.74) is 9.75. The monoisotopic (exact) mass is 249 g/mol. The molecule has 1 fully saturated rings. The lowest BCUT2D eigenvalue weighted by Gasteiger charge is -2.17. The number of thiocarbonyl (C=S) groups is 1. The first-order valence-electron chi connectivity index (χ1n) is 5.55. The van der Waals surface area contributed by atoms with Gasteiger partial charge in [-0.2, -0.15) is 5.10 Å². The van der Waals surface area contributed by atoms with Gasteiger partial charge in [-0.25, -0.2) is 0 Å². The summed E-state index contributed by atoms with van der Waals surface area (Å²) >= 11 is 4.65. The van der Waals surface area contributed by atoms with Crippen molar-refractivity contribution in [2.75, 3.05) is 18.0 Å². The molecule has 1 aromatic heterocycles. The summed E-state index contributed by atoms with van der Waals surface area (Å²) in [5, 5.41) is 4.04. The minimum Gasteiger partial charge on any atom is -0.375 e. The molecule has 0 amide bonds. The minimum atomic E-state index is 0.150. The highest BCUT2D eigenvalue weighted by Crippen LogP contribution is 2.19. The van der Waals surface area contributed by atoms with Crippen LogP contribution in [-0.4, -0.2) is 29.4 Å². The molecular formula is C11H15N5S. The van der Waals surface area contributed by atoms with Gasteiger partial charge in [0.15, 0.2) is 5.11 Å². The molecule has 2 rings (SSSR count). The van der Waals surface area contributed by atoms with Crippen molar-refractivity contribution in [3.05, 3.63) is 24.0 Å². The van der Waals surface area contributed by atoms with Gasteiger partial charge in [0.1, 0.15) is 0 Å². The van der Waals surface area contributed by atoms with Crippen molar-refractivity contribution in [3.8, 4) is 0 Å². The molecule has 5 nitrogen and oxygen atoms in total. The highest BCUT2D eigenvalue weighted by molar-refractivity contribution is 7.80. The number of rotatable bonds is 3. The van der Waals surface area contributed by atoms with E-state index in [1.54, 1.807) is 12.4 Å². The number of anilines is 1. The lowest BCUT2D eigenvalue weighted by molar-refractivity contribution is 0.949. The Morgan fingerprint density at radius 2 is 2.29 bits per heavy atom. The predicted molar refractivity (Wildman–Crippen MR) is 73.2 cm³/mol. The van der Waals surface area contributed by atoms with Crippen LogP contribution in [0.25, 0.3) is 0 Å². The second-order valence-electron chi connectivity index (χ2n) is 3.87. The number of hydrogen-bond acceptors (Lipinski definition) is 4. The van der Waals surface area contributed by atoms with Crippen molar-refractivity contribution in [1.82, 2.24) is 10.4 Å². The lowest BCUT2D eigenvalue weighted by atomic mass is 10.3. The van der Waals surface area contributed by atoms with E-state index in [1.165, 1.54) is 18.5 Å². The van der Waals surface area contributed by atoms with Crippen molar-refractivity contribution in [2.24, 2.45) is 10.8 Å². The molecule has 17 heavy (non-hydrogen) atoms. The molecule has 1 saturated heterocycles. The van der Waals surface area contributed by atoms with Crippen molar-refractivity contribution in [2.45, 2.75) is 12.8 Å². The van der Waals surface area contributed by atoms with Crippen LogP contribution in [-0.2, 0) is 0 Å². The molecule has 1 aliphatic rings. The zero-order chi connectivity index (χ0) is 12.1. The van der Waals surface area contributed by atoms with Crippen LogP contribution in [0.4, 0.5) is 5.69 Å². The van der Waals surface area contributed by atoms with Gasteiger partial charge < -0.3 is 10.6 Å². The van der Waals surface area contributed by atoms with Gasteiger partial charge in [0.2, 0.25) is 0 Å². The Kier molecular flexibility index (Phi) is 3.87. The minimum absolute atomic E-state index is 0.150. The normalized spacial score (nSPS) is 15.4. The van der Waals surface area contributed by atoms with Gasteiger partial charge in [0, 0.05) is 25.0 Å². The Balaban J connectivity index is 2.05. The Morgan fingerprint density at radius 1 is 1.53 bits per heavy atom. The summed E-state index contributed by atoms with van der Waals surface area (Å²) in [7, 11) is 0. The largest absolute Gasteiger partial charge is 0.375 e. The molecule has 1 aromatic rings. The standard InChI is InChI=1S/C11H15N5S/c12-11(17)15-14-8-9-7-10(3-4-13-9)16-5-1-2-6-16/h3-4,7-8H,1-2,5-6H2,(H3,12,15,17). The van der Waals surface area contributed by atoms with E-state index >= 15 is 0 Å². The van der Waals surface area contributed by atoms with E-state index in [2.05, 4.69) is 32.6 Å². The molecule has 0 atom stereocenters. The second-order valence-corrected chi connectivity index (χ2v) is 4.31. The predicted octanol–water partition coefficient (Wildman–Crippen LogP) is 0.849. The number of nitrogens with zero attached hydrogens (tertiary/aromatic N) is 3. The number of hydrogen-bond donors (Lipinski definition) is 2. The number of nitrogens with two attached hydrogens (primary N) is 1. The molecule has 6 heteroatoms. The second kappa shape index (κ2) is 5.58. The van der Waals surface area contributed by atoms with Crippen LogP contribution in [0.15, 0.2) is 23.4 Å². The summed E-state index contributed by atoms with van der Waals surface area (Å²) in [6, 6.07) is 4.03. The number of hydrazone groups is 1. The first kappa shape index (κ1) is 11.8. The molecule has 3 N–H and O–H groups in total. The zero-order valence-electron chi connectivity index (χ0n) is 9.47. The summed E-state index contributed by atoms with van der Waals surface area (Å²) < 4.78 is 0. The van der Waals surface area contributed by atoms with Crippen molar-refractivity contribution < 1.29 is 0 Å². The molecule has 0 unspecified atom stereocenters. The van der Waals surface area contributed by atoms with E-state index < -0.39 is 0 Å². The van der Waals surface area contributed by atoms with Gasteiger partial charge in [-0.05, 0) is 37.2 Å². The number of nitrogens with one attached hydrogen (secondary N) is 1. The highest BCUT2D eigenvalue weighted by Gasteiger charge is 2.12. The molecule has 0 spiro atoms. The molecule has 0 aliphatic carbocycles. The van der Waals surface area contributed by atoms with Gasteiger partial charge in [0.25, 0.3) is 0 Å². The van der Waals surface area contributed by atoms with Crippen LogP contribution in [0.1, 0.15) is 18.5 Å². The fourth-order valence-electron chi connectivity index (χ4n) is 1.84. The number of aromatic nitrogens is 1. The molecule has 90 valence electrons. The van der Waals surface area contributed by atoms with E-state index in [9.17, 15) is 0 Å². The fourth-order valence-corrected chi connectivity index (χ4v) is 1.89. The van der Waals surface area contributed by atoms with Gasteiger partial charge >= 0.3 is 0 Å². The van der Waals surface area contributed by atoms with Gasteiger partial charge in [-0.3, -0.25) is 10.4 Å². The Morgan fingerprint density at radius 3 is 3.00 bits per heavy atom. The zero-order valence-corrected chi connectivity index (χ0v) is 10.3. The van der Waals surface area contributed by atoms with E-state index in [1.807, 2.05) is 12.1 Å². The Bertz CT molecular complexity index is 426. The van der Waals surface area contributed by atoms with Crippen molar-refractivity contribution in [3.63, 3.8) is 0 Å². The van der Waals surface area contributed by atoms with Gasteiger partial charge in [-0.1, -0.05) is 0 Å². The summed E-state index contributed by atoms with van der Waals surface area (Å²) in [6.07, 6.45) is 5.91. The fraction of sp³-hybridized carbons (Fsp3) is 0.364. The van der Waals surface area contributed by atoms with Gasteiger partial charge in [0.05, 0.1) is 11.9 Å². The third-order valence-corrected chi connectivity index (χ3v) is 2.70. The molecule has 0 saturated carbocycles. The molecular weight excluding hydrogens is 234 g/mol. The SMILES string of the molecule is NC(=S)NN=Cc1cc(N2CCCC2)ccn1. The maximum Gasteiger partial charge on any atom is 0.184 e. The van der Waals surface area contributed by atoms with Crippen LogP contribution >= 0.6 is 12.2 Å². The Hall–Kier alpha value is -1.69. The van der Waals surface area contributed by atoms with Crippen LogP contribution in [0, 0.1) is 0 Å². The molecule has 2 heterocycles. The summed E-state index contributed by atoms with van der Waals surface area (Å²) in [5.74, 6) is 0. The third kappa shape index (κ3) is 3.39. The van der Waals surface area contributed by atoms with E-state index in [-0.39, 0.29) is 5.11 Å². The third-order valence-electron chi connectivity index (χ3n) is 2.61. The smallest absolute Gasteiger partial charge is 0.184 e. The molecule has 0 aromatic carbocycles. The van der Waals surface area contributed by atoms with Crippen molar-refractivity contribution >= 4 is 29.2 Å². The van der Waals surface area contributed by atoms with Crippen LogP contribution in [0.3, 0.4) is 0 Å². The summed E-state index contributed by atoms with van der Waals surface area (Å²) in [6.45, 7) is 2.23. The van der Waals surface area contributed by atoms with Crippen LogP contribution in [0.5, 0.6) is 0 Å². The highest BCUT2D eigenvalue weighted by atomic mass is 32.1. The van der Waals surface area contributed by atoms with Crippen molar-refractivity contribution in [1.29, 1.82) is 0 Å². The first-order chi connectivity index (χ1) is 8.25. The van der Waals surface area contributed by atoms with E-state index in [4.69, 9.17) is 5.73 Å².